The van der Waals surface area contributed by atoms with Crippen LogP contribution in [0, 0.1) is 0 Å². The van der Waals surface area contributed by atoms with E-state index in [4.69, 9.17) is 21.1 Å². The molecule has 0 spiro atoms. The smallest absolute Gasteiger partial charge is 0.255 e. The molecule has 0 aliphatic heterocycles. The van der Waals surface area contributed by atoms with Crippen molar-refractivity contribution in [2.24, 2.45) is 0 Å². The Labute approximate surface area is 172 Å². The van der Waals surface area contributed by atoms with Gasteiger partial charge >= 0.3 is 0 Å². The Kier molecular flexibility index (Phi) is 5.10. The van der Waals surface area contributed by atoms with Crippen molar-refractivity contribution in [1.82, 2.24) is 9.38 Å². The van der Waals surface area contributed by atoms with Gasteiger partial charge in [-0.3, -0.25) is 4.79 Å². The molecule has 4 aromatic rings. The summed E-state index contributed by atoms with van der Waals surface area (Å²) >= 11 is 6.12. The topological polar surface area (TPSA) is 64.9 Å². The van der Waals surface area contributed by atoms with Crippen LogP contribution in [0.4, 0.5) is 5.69 Å². The molecule has 0 saturated carbocycles. The molecular formula is C22H18ClN3O3. The molecule has 0 fully saturated rings. The van der Waals surface area contributed by atoms with E-state index in [1.807, 2.05) is 47.1 Å². The lowest BCUT2D eigenvalue weighted by Crippen LogP contribution is -2.13. The molecule has 0 saturated heterocycles. The summed E-state index contributed by atoms with van der Waals surface area (Å²) in [6, 6.07) is 16.6. The molecule has 4 rings (SSSR count). The minimum Gasteiger partial charge on any atom is -0.495 e. The number of halogens is 1. The lowest BCUT2D eigenvalue weighted by atomic mass is 10.2. The van der Waals surface area contributed by atoms with Gasteiger partial charge in [0, 0.05) is 35.7 Å². The second-order valence-electron chi connectivity index (χ2n) is 6.31. The second-order valence-corrected chi connectivity index (χ2v) is 6.72. The van der Waals surface area contributed by atoms with E-state index in [1.165, 1.54) is 14.2 Å². The quantitative estimate of drug-likeness (QED) is 0.509. The van der Waals surface area contributed by atoms with E-state index in [9.17, 15) is 4.79 Å². The maximum absolute atomic E-state index is 12.8. The van der Waals surface area contributed by atoms with E-state index in [2.05, 4.69) is 10.3 Å². The Morgan fingerprint density at radius 1 is 1.03 bits per heavy atom. The largest absolute Gasteiger partial charge is 0.495 e. The number of anilines is 1. The van der Waals surface area contributed by atoms with Gasteiger partial charge in [-0.15, -0.1) is 0 Å². The third kappa shape index (κ3) is 3.75. The highest BCUT2D eigenvalue weighted by Crippen LogP contribution is 2.36. The maximum Gasteiger partial charge on any atom is 0.255 e. The molecule has 7 heteroatoms. The van der Waals surface area contributed by atoms with Crippen molar-refractivity contribution < 1.29 is 14.3 Å². The summed E-state index contributed by atoms with van der Waals surface area (Å²) in [7, 11) is 3.02. The predicted molar refractivity (Wildman–Crippen MR) is 113 cm³/mol. The van der Waals surface area contributed by atoms with Crippen LogP contribution >= 0.6 is 11.6 Å². The van der Waals surface area contributed by atoms with Crippen molar-refractivity contribution in [2.75, 3.05) is 19.5 Å². The molecule has 0 atom stereocenters. The molecule has 0 unspecified atom stereocenters. The van der Waals surface area contributed by atoms with E-state index in [-0.39, 0.29) is 5.91 Å². The zero-order valence-corrected chi connectivity index (χ0v) is 16.6. The van der Waals surface area contributed by atoms with Crippen molar-refractivity contribution in [2.45, 2.75) is 0 Å². The number of carbonyl (C=O) groups excluding carboxylic acids is 1. The Bertz CT molecular complexity index is 1190. The number of rotatable bonds is 5. The first-order valence-electron chi connectivity index (χ1n) is 8.86. The number of methoxy groups -OCH3 is 2. The standard InChI is InChI=1S/C22H18ClN3O3/c1-28-19-12-17(20(29-2)11-16(19)23)25-22(27)15-8-9-26-13-18(24-21(26)10-15)14-6-4-3-5-7-14/h3-13H,1-2H3,(H,25,27). The number of hydrogen-bond donors (Lipinski definition) is 1. The van der Waals surface area contributed by atoms with Gasteiger partial charge in [0.2, 0.25) is 0 Å². The highest BCUT2D eigenvalue weighted by atomic mass is 35.5. The zero-order valence-electron chi connectivity index (χ0n) is 15.8. The lowest BCUT2D eigenvalue weighted by Gasteiger charge is -2.13. The van der Waals surface area contributed by atoms with Gasteiger partial charge in [0.05, 0.1) is 30.6 Å². The third-order valence-corrected chi connectivity index (χ3v) is 4.81. The Morgan fingerprint density at radius 2 is 1.79 bits per heavy atom. The van der Waals surface area contributed by atoms with E-state index in [1.54, 1.807) is 24.3 Å². The molecule has 29 heavy (non-hydrogen) atoms. The number of imidazole rings is 1. The van der Waals surface area contributed by atoms with Gasteiger partial charge in [-0.25, -0.2) is 4.98 Å². The second kappa shape index (κ2) is 7.85. The van der Waals surface area contributed by atoms with Crippen LogP contribution in [0.3, 0.4) is 0 Å². The summed E-state index contributed by atoms with van der Waals surface area (Å²) in [5, 5.41) is 3.24. The summed E-state index contributed by atoms with van der Waals surface area (Å²) in [6.07, 6.45) is 3.74. The van der Waals surface area contributed by atoms with Crippen molar-refractivity contribution in [3.8, 4) is 22.8 Å². The number of hydrogen-bond acceptors (Lipinski definition) is 4. The molecule has 2 heterocycles. The molecule has 1 amide bonds. The van der Waals surface area contributed by atoms with E-state index < -0.39 is 0 Å². The first kappa shape index (κ1) is 18.8. The van der Waals surface area contributed by atoms with Crippen LogP contribution < -0.4 is 14.8 Å². The first-order valence-corrected chi connectivity index (χ1v) is 9.24. The number of benzene rings is 2. The Morgan fingerprint density at radius 3 is 2.52 bits per heavy atom. The Hall–Kier alpha value is -3.51. The molecule has 0 bridgehead atoms. The van der Waals surface area contributed by atoms with Crippen molar-refractivity contribution in [1.29, 1.82) is 0 Å². The van der Waals surface area contributed by atoms with Crippen molar-refractivity contribution in [3.63, 3.8) is 0 Å². The van der Waals surface area contributed by atoms with Crippen molar-refractivity contribution >= 4 is 28.8 Å². The highest BCUT2D eigenvalue weighted by molar-refractivity contribution is 6.32. The molecule has 1 N–H and O–H groups in total. The molecule has 6 nitrogen and oxygen atoms in total. The maximum atomic E-state index is 12.8. The van der Waals surface area contributed by atoms with Crippen LogP contribution in [-0.2, 0) is 0 Å². The predicted octanol–water partition coefficient (Wildman–Crippen LogP) is 4.92. The van der Waals surface area contributed by atoms with Gasteiger partial charge in [-0.1, -0.05) is 41.9 Å². The fraction of sp³-hybridized carbons (Fsp3) is 0.0909. The number of pyridine rings is 1. The molecule has 2 aromatic heterocycles. The minimum absolute atomic E-state index is 0.292. The fourth-order valence-electron chi connectivity index (χ4n) is 3.02. The van der Waals surface area contributed by atoms with Gasteiger partial charge < -0.3 is 19.2 Å². The highest BCUT2D eigenvalue weighted by Gasteiger charge is 2.15. The van der Waals surface area contributed by atoms with Crippen LogP contribution in [-0.4, -0.2) is 29.5 Å². The first-order chi connectivity index (χ1) is 14.1. The molecule has 0 radical (unpaired) electrons. The van der Waals surface area contributed by atoms with Gasteiger partial charge in [0.1, 0.15) is 17.1 Å². The van der Waals surface area contributed by atoms with Gasteiger partial charge in [-0.05, 0) is 12.1 Å². The number of ether oxygens (including phenoxy) is 2. The number of fused-ring (bicyclic) bond motifs is 1. The minimum atomic E-state index is -0.292. The van der Waals surface area contributed by atoms with E-state index in [0.29, 0.717) is 33.4 Å². The SMILES string of the molecule is COc1cc(NC(=O)c2ccn3cc(-c4ccccc4)nc3c2)c(OC)cc1Cl. The molecule has 0 aliphatic rings. The zero-order chi connectivity index (χ0) is 20.4. The number of nitrogens with one attached hydrogen (secondary N) is 1. The monoisotopic (exact) mass is 407 g/mol. The van der Waals surface area contributed by atoms with Crippen LogP contribution in [0.25, 0.3) is 16.9 Å². The summed E-state index contributed by atoms with van der Waals surface area (Å²) in [5.41, 5.74) is 3.47. The number of nitrogens with zero attached hydrogens (tertiary/aromatic N) is 2. The molecule has 0 aliphatic carbocycles. The van der Waals surface area contributed by atoms with Crippen LogP contribution in [0.5, 0.6) is 11.5 Å². The number of aromatic nitrogens is 2. The summed E-state index contributed by atoms with van der Waals surface area (Å²) in [5.74, 6) is 0.593. The van der Waals surface area contributed by atoms with E-state index >= 15 is 0 Å². The lowest BCUT2D eigenvalue weighted by molar-refractivity contribution is 0.102. The molecule has 2 aromatic carbocycles. The average Bonchev–Trinajstić information content (AvgIpc) is 3.18. The summed E-state index contributed by atoms with van der Waals surface area (Å²) in [6.45, 7) is 0. The summed E-state index contributed by atoms with van der Waals surface area (Å²) in [4.78, 5) is 17.4. The fourth-order valence-corrected chi connectivity index (χ4v) is 3.25. The average molecular weight is 408 g/mol. The number of amides is 1. The van der Waals surface area contributed by atoms with Gasteiger partial charge in [0.15, 0.2) is 0 Å². The third-order valence-electron chi connectivity index (χ3n) is 4.51. The van der Waals surface area contributed by atoms with Crippen molar-refractivity contribution in [3.05, 3.63) is 77.6 Å². The normalized spacial score (nSPS) is 10.7. The Balaban J connectivity index is 1.64. The molecule has 146 valence electrons. The van der Waals surface area contributed by atoms with Crippen LogP contribution in [0.1, 0.15) is 10.4 Å². The van der Waals surface area contributed by atoms with Gasteiger partial charge in [-0.2, -0.15) is 0 Å². The summed E-state index contributed by atoms with van der Waals surface area (Å²) < 4.78 is 12.4. The molecular weight excluding hydrogens is 390 g/mol. The number of carbonyl (C=O) groups is 1. The van der Waals surface area contributed by atoms with Crippen LogP contribution in [0.15, 0.2) is 67.0 Å². The van der Waals surface area contributed by atoms with Crippen LogP contribution in [0.2, 0.25) is 5.02 Å². The van der Waals surface area contributed by atoms with Gasteiger partial charge in [0.25, 0.3) is 5.91 Å². The van der Waals surface area contributed by atoms with E-state index in [0.717, 1.165) is 11.3 Å².